The first-order valence-corrected chi connectivity index (χ1v) is 20.6. The number of rotatable bonds is 5. The van der Waals surface area contributed by atoms with E-state index >= 15 is 0 Å². The molecule has 2 heterocycles. The zero-order valence-corrected chi connectivity index (χ0v) is 35.1. The Balaban J connectivity index is 0.000000996. The van der Waals surface area contributed by atoms with Crippen molar-refractivity contribution in [2.24, 2.45) is 62.6 Å². The van der Waals surface area contributed by atoms with E-state index in [9.17, 15) is 20.1 Å². The van der Waals surface area contributed by atoms with Crippen LogP contribution in [0.15, 0.2) is 0 Å². The Morgan fingerprint density at radius 2 is 1.45 bits per heavy atom. The van der Waals surface area contributed by atoms with Crippen LogP contribution in [-0.4, -0.2) is 76.4 Å². The fourth-order valence-corrected chi connectivity index (χ4v) is 14.8. The highest BCUT2D eigenvalue weighted by Gasteiger charge is 2.87. The number of esters is 1. The van der Waals surface area contributed by atoms with Crippen LogP contribution in [0.25, 0.3) is 0 Å². The lowest BCUT2D eigenvalue weighted by molar-refractivity contribution is -0.265. The van der Waals surface area contributed by atoms with Gasteiger partial charge in [0, 0.05) is 13.3 Å². The molecule has 0 bridgehead atoms. The SMILES string of the molecule is C#C.C#C.CC.CC(=O)O[C@@H]([C@H]1C[C@@H](C)C2[C@H](O1)[C@@H](C)[C@@]1(C)[C@@H]3CCC4C(C)(C)[C@@H](OC5C[C@@H](O)[C@H](O)CO5)CCC45[C@@H](C)[C@@]35CC[C@]21C)C(C)(C)O. The number of carbonyl (C=O) groups excluding carboxylic acids is 1. The third kappa shape index (κ3) is 6.24. The first kappa shape index (κ1) is 44.1. The Morgan fingerprint density at radius 1 is 0.868 bits per heavy atom. The average Bonchev–Trinajstić information content (AvgIpc) is 3.58. The smallest absolute Gasteiger partial charge is 0.303 e. The molecule has 0 amide bonds. The van der Waals surface area contributed by atoms with E-state index in [1.165, 1.54) is 39.0 Å². The van der Waals surface area contributed by atoms with Crippen molar-refractivity contribution in [3.05, 3.63) is 0 Å². The summed E-state index contributed by atoms with van der Waals surface area (Å²) in [5, 5.41) is 31.4. The zero-order valence-electron chi connectivity index (χ0n) is 35.1. The topological polar surface area (TPSA) is 115 Å². The molecule has 2 spiro atoms. The average molecular weight is 743 g/mol. The van der Waals surface area contributed by atoms with Crippen LogP contribution in [0.2, 0.25) is 0 Å². The molecular formula is C45H74O8. The lowest BCUT2D eigenvalue weighted by Gasteiger charge is -2.64. The van der Waals surface area contributed by atoms with Gasteiger partial charge >= 0.3 is 5.97 Å². The third-order valence-electron chi connectivity index (χ3n) is 16.9. The van der Waals surface area contributed by atoms with Gasteiger partial charge in [-0.05, 0) is 121 Å². The van der Waals surface area contributed by atoms with Gasteiger partial charge in [-0.25, -0.2) is 0 Å². The Hall–Kier alpha value is -1.65. The summed E-state index contributed by atoms with van der Waals surface area (Å²) in [7, 11) is 0. The summed E-state index contributed by atoms with van der Waals surface area (Å²) in [6, 6.07) is 0. The highest BCUT2D eigenvalue weighted by molar-refractivity contribution is 5.66. The third-order valence-corrected chi connectivity index (χ3v) is 16.9. The monoisotopic (exact) mass is 743 g/mol. The predicted molar refractivity (Wildman–Crippen MR) is 208 cm³/mol. The second-order valence-corrected chi connectivity index (χ2v) is 19.2. The van der Waals surface area contributed by atoms with Crippen LogP contribution in [-0.2, 0) is 23.7 Å². The summed E-state index contributed by atoms with van der Waals surface area (Å²) in [5.74, 6) is 2.67. The quantitative estimate of drug-likeness (QED) is 0.152. The molecule has 8 heteroatoms. The van der Waals surface area contributed by atoms with Gasteiger partial charge in [-0.15, -0.1) is 25.7 Å². The van der Waals surface area contributed by atoms with Crippen LogP contribution in [0.1, 0.15) is 134 Å². The molecule has 7 rings (SSSR count). The Morgan fingerprint density at radius 3 is 2.02 bits per heavy atom. The van der Waals surface area contributed by atoms with E-state index < -0.39 is 30.2 Å². The van der Waals surface area contributed by atoms with E-state index in [4.69, 9.17) is 18.9 Å². The number of aliphatic hydroxyl groups excluding tert-OH is 2. The maximum absolute atomic E-state index is 12.1. The number of ether oxygens (including phenoxy) is 4. The summed E-state index contributed by atoms with van der Waals surface area (Å²) < 4.78 is 25.4. The highest BCUT2D eigenvalue weighted by atomic mass is 16.7. The molecule has 0 aromatic carbocycles. The molecule has 7 aliphatic rings. The van der Waals surface area contributed by atoms with E-state index in [0.29, 0.717) is 52.8 Å². The minimum atomic E-state index is -1.19. The second-order valence-electron chi connectivity index (χ2n) is 19.2. The predicted octanol–water partition coefficient (Wildman–Crippen LogP) is 7.40. The zero-order chi connectivity index (χ0) is 40.3. The molecule has 5 aliphatic carbocycles. The van der Waals surface area contributed by atoms with Gasteiger partial charge in [-0.1, -0.05) is 62.3 Å². The largest absolute Gasteiger partial charge is 0.457 e. The Bertz CT molecular complexity index is 1330. The van der Waals surface area contributed by atoms with Gasteiger partial charge in [-0.3, -0.25) is 4.79 Å². The Kier molecular flexibility index (Phi) is 12.8. The van der Waals surface area contributed by atoms with Crippen molar-refractivity contribution in [3.63, 3.8) is 0 Å². The van der Waals surface area contributed by atoms with E-state index in [1.807, 2.05) is 13.8 Å². The molecule has 17 atom stereocenters. The standard InChI is InChI=1S/C39H64O8.C2H6.2C2H2/c1-20-17-26(33(35(7,8)43)45-23(4)40)46-32-21(2)37(10)28-12-11-27-34(5,6)29(47-30-18-24(41)25(42)19-44-30)13-14-38(27)22(3)39(28,38)16-15-36(37,9)31(20)32;3*1-2/h20-22,24-33,41-43H,11-19H2,1-10H3;1-2H3;2*1-2H/t20-,21-,22-,24-,25-,26-,27?,28+,29+,30?,31?,32-,33+,36-,37+,38?,39+;;;/m1.../s1. The first-order valence-electron chi connectivity index (χ1n) is 20.6. The molecule has 2 aliphatic heterocycles. The molecule has 3 N–H and O–H groups in total. The summed E-state index contributed by atoms with van der Waals surface area (Å²) >= 11 is 0. The molecule has 302 valence electrons. The van der Waals surface area contributed by atoms with E-state index in [0.717, 1.165) is 12.8 Å². The first-order chi connectivity index (χ1) is 24.8. The fraction of sp³-hybridized carbons (Fsp3) is 0.889. The van der Waals surface area contributed by atoms with Gasteiger partial charge in [0.25, 0.3) is 0 Å². The fourth-order valence-electron chi connectivity index (χ4n) is 14.8. The van der Waals surface area contributed by atoms with E-state index in [1.54, 1.807) is 13.8 Å². The number of fused-ring (bicyclic) bond motifs is 4. The van der Waals surface area contributed by atoms with Crippen molar-refractivity contribution in [1.82, 2.24) is 0 Å². The molecule has 0 aromatic heterocycles. The van der Waals surface area contributed by atoms with Gasteiger partial charge in [0.05, 0.1) is 36.6 Å². The normalized spacial score (nSPS) is 49.3. The van der Waals surface area contributed by atoms with Crippen molar-refractivity contribution >= 4 is 5.97 Å². The number of carbonyl (C=O) groups is 1. The van der Waals surface area contributed by atoms with Crippen molar-refractivity contribution in [2.45, 2.75) is 183 Å². The Labute approximate surface area is 322 Å². The van der Waals surface area contributed by atoms with Crippen molar-refractivity contribution in [2.75, 3.05) is 6.61 Å². The van der Waals surface area contributed by atoms with Gasteiger partial charge in [0.15, 0.2) is 12.4 Å². The number of hydrogen-bond acceptors (Lipinski definition) is 8. The second kappa shape index (κ2) is 15.4. The van der Waals surface area contributed by atoms with Crippen LogP contribution < -0.4 is 0 Å². The summed E-state index contributed by atoms with van der Waals surface area (Å²) in [5.41, 5.74) is -0.303. The van der Waals surface area contributed by atoms with E-state index in [2.05, 4.69) is 74.2 Å². The lowest BCUT2D eigenvalue weighted by Crippen LogP contribution is -2.59. The molecule has 53 heavy (non-hydrogen) atoms. The molecule has 4 unspecified atom stereocenters. The highest BCUT2D eigenvalue weighted by Crippen LogP contribution is 2.92. The molecule has 5 saturated carbocycles. The molecular weight excluding hydrogens is 668 g/mol. The van der Waals surface area contributed by atoms with Crippen LogP contribution in [0.3, 0.4) is 0 Å². The maximum Gasteiger partial charge on any atom is 0.303 e. The lowest BCUT2D eigenvalue weighted by atomic mass is 9.40. The maximum atomic E-state index is 12.1. The summed E-state index contributed by atoms with van der Waals surface area (Å²) in [4.78, 5) is 12.1. The van der Waals surface area contributed by atoms with Crippen molar-refractivity contribution in [3.8, 4) is 25.7 Å². The van der Waals surface area contributed by atoms with Crippen molar-refractivity contribution < 1.29 is 39.1 Å². The molecule has 2 saturated heterocycles. The van der Waals surface area contributed by atoms with E-state index in [-0.39, 0.29) is 47.1 Å². The van der Waals surface area contributed by atoms with Gasteiger partial charge < -0.3 is 34.3 Å². The van der Waals surface area contributed by atoms with Crippen molar-refractivity contribution in [1.29, 1.82) is 0 Å². The van der Waals surface area contributed by atoms with Gasteiger partial charge in [-0.2, -0.15) is 0 Å². The van der Waals surface area contributed by atoms with Crippen LogP contribution in [0, 0.1) is 88.3 Å². The van der Waals surface area contributed by atoms with Gasteiger partial charge in [0.2, 0.25) is 0 Å². The summed E-state index contributed by atoms with van der Waals surface area (Å²) in [6.07, 6.45) is 21.2. The van der Waals surface area contributed by atoms with Crippen LogP contribution >= 0.6 is 0 Å². The number of terminal acetylenes is 2. The molecule has 0 radical (unpaired) electrons. The molecule has 0 aromatic rings. The van der Waals surface area contributed by atoms with Gasteiger partial charge in [0.1, 0.15) is 6.10 Å². The summed E-state index contributed by atoms with van der Waals surface area (Å²) in [6.45, 7) is 26.5. The van der Waals surface area contributed by atoms with Crippen LogP contribution in [0.4, 0.5) is 0 Å². The molecule has 8 nitrogen and oxygen atoms in total. The number of aliphatic hydroxyl groups is 3. The van der Waals surface area contributed by atoms with Crippen LogP contribution in [0.5, 0.6) is 0 Å². The number of hydrogen-bond donors (Lipinski definition) is 3. The molecule has 7 fully saturated rings. The minimum absolute atomic E-state index is 0.0179. The minimum Gasteiger partial charge on any atom is -0.457 e.